The average Bonchev–Trinajstić information content (AvgIpc) is 2.34. The van der Waals surface area contributed by atoms with Crippen LogP contribution in [0.1, 0.15) is 5.56 Å². The Balaban J connectivity index is 2.52. The van der Waals surface area contributed by atoms with Crippen molar-refractivity contribution in [2.24, 2.45) is 0 Å². The van der Waals surface area contributed by atoms with E-state index in [4.69, 9.17) is 9.47 Å². The minimum Gasteiger partial charge on any atom is -0.496 e. The van der Waals surface area contributed by atoms with E-state index in [0.29, 0.717) is 0 Å². The van der Waals surface area contributed by atoms with Gasteiger partial charge in [-0.25, -0.2) is 4.79 Å². The lowest BCUT2D eigenvalue weighted by molar-refractivity contribution is 0.0819. The molecule has 0 aliphatic rings. The Morgan fingerprint density at radius 2 is 2.06 bits per heavy atom. The van der Waals surface area contributed by atoms with Gasteiger partial charge < -0.3 is 14.2 Å². The first-order chi connectivity index (χ1) is 7.77. The molecule has 0 saturated heterocycles. The summed E-state index contributed by atoms with van der Waals surface area (Å²) < 4.78 is 14.2. The highest BCUT2D eigenvalue weighted by Gasteiger charge is 1.98. The van der Waals surface area contributed by atoms with Gasteiger partial charge in [0.1, 0.15) is 12.4 Å². The molecule has 4 nitrogen and oxygen atoms in total. The second-order valence-electron chi connectivity index (χ2n) is 2.91. The van der Waals surface area contributed by atoms with Gasteiger partial charge in [-0.2, -0.15) is 0 Å². The molecule has 1 aromatic rings. The number of para-hydroxylation sites is 1. The molecule has 86 valence electrons. The molecule has 0 N–H and O–H groups in total. The second-order valence-corrected chi connectivity index (χ2v) is 2.91. The van der Waals surface area contributed by atoms with Gasteiger partial charge in [-0.1, -0.05) is 24.3 Å². The van der Waals surface area contributed by atoms with Crippen molar-refractivity contribution in [3.05, 3.63) is 35.9 Å². The van der Waals surface area contributed by atoms with E-state index >= 15 is 0 Å². The van der Waals surface area contributed by atoms with Crippen LogP contribution in [-0.2, 0) is 9.47 Å². The number of hydrogen-bond donors (Lipinski definition) is 0. The fraction of sp³-hybridized carbons (Fsp3) is 0.250. The Labute approximate surface area is 94.4 Å². The van der Waals surface area contributed by atoms with Crippen LogP contribution in [0.2, 0.25) is 0 Å². The average molecular weight is 222 g/mol. The Morgan fingerprint density at radius 3 is 2.75 bits per heavy atom. The molecule has 0 bridgehead atoms. The molecular formula is C12H14O4. The second kappa shape index (κ2) is 6.50. The first-order valence-corrected chi connectivity index (χ1v) is 4.78. The van der Waals surface area contributed by atoms with Crippen molar-refractivity contribution < 1.29 is 19.0 Å². The Morgan fingerprint density at radius 1 is 1.31 bits per heavy atom. The summed E-state index contributed by atoms with van der Waals surface area (Å²) in [5, 5.41) is 0. The predicted molar refractivity (Wildman–Crippen MR) is 60.4 cm³/mol. The Bertz CT molecular complexity index is 371. The van der Waals surface area contributed by atoms with Crippen molar-refractivity contribution in [2.45, 2.75) is 0 Å². The number of benzene rings is 1. The van der Waals surface area contributed by atoms with Crippen LogP contribution in [0.15, 0.2) is 30.3 Å². The van der Waals surface area contributed by atoms with Crippen LogP contribution in [0.3, 0.4) is 0 Å². The summed E-state index contributed by atoms with van der Waals surface area (Å²) in [5.74, 6) is 0.775. The van der Waals surface area contributed by atoms with Crippen molar-refractivity contribution in [3.8, 4) is 5.75 Å². The zero-order valence-electron chi connectivity index (χ0n) is 9.30. The minimum atomic E-state index is -0.690. The Hall–Kier alpha value is -1.97. The first kappa shape index (κ1) is 12.1. The molecule has 4 heteroatoms. The van der Waals surface area contributed by atoms with Gasteiger partial charge in [-0.05, 0) is 12.1 Å². The van der Waals surface area contributed by atoms with Crippen LogP contribution in [0.25, 0.3) is 6.08 Å². The van der Waals surface area contributed by atoms with Gasteiger partial charge in [-0.3, -0.25) is 0 Å². The van der Waals surface area contributed by atoms with Crippen molar-refractivity contribution in [2.75, 3.05) is 20.8 Å². The van der Waals surface area contributed by atoms with Crippen LogP contribution < -0.4 is 4.74 Å². The van der Waals surface area contributed by atoms with Gasteiger partial charge >= 0.3 is 6.16 Å². The number of carbonyl (C=O) groups excluding carboxylic acids is 1. The number of carbonyl (C=O) groups is 1. The van der Waals surface area contributed by atoms with E-state index in [-0.39, 0.29) is 6.61 Å². The topological polar surface area (TPSA) is 44.8 Å². The lowest BCUT2D eigenvalue weighted by Crippen LogP contribution is -2.03. The quantitative estimate of drug-likeness (QED) is 0.734. The summed E-state index contributed by atoms with van der Waals surface area (Å²) in [6.07, 6.45) is 2.85. The lowest BCUT2D eigenvalue weighted by atomic mass is 10.2. The Kier molecular flexibility index (Phi) is 4.92. The van der Waals surface area contributed by atoms with E-state index in [2.05, 4.69) is 4.74 Å². The van der Waals surface area contributed by atoms with Crippen LogP contribution in [0.4, 0.5) is 4.79 Å². The molecule has 0 heterocycles. The van der Waals surface area contributed by atoms with Crippen molar-refractivity contribution in [1.82, 2.24) is 0 Å². The molecule has 0 radical (unpaired) electrons. The smallest absolute Gasteiger partial charge is 0.496 e. The van der Waals surface area contributed by atoms with Gasteiger partial charge in [0.2, 0.25) is 0 Å². The van der Waals surface area contributed by atoms with Gasteiger partial charge in [0, 0.05) is 5.56 Å². The van der Waals surface area contributed by atoms with Gasteiger partial charge in [0.05, 0.1) is 14.2 Å². The zero-order chi connectivity index (χ0) is 11.8. The van der Waals surface area contributed by atoms with Crippen molar-refractivity contribution in [1.29, 1.82) is 0 Å². The molecule has 1 rings (SSSR count). The summed E-state index contributed by atoms with van der Waals surface area (Å²) in [7, 11) is 2.88. The number of rotatable bonds is 4. The molecular weight excluding hydrogens is 208 g/mol. The fourth-order valence-corrected chi connectivity index (χ4v) is 1.15. The van der Waals surface area contributed by atoms with E-state index in [0.717, 1.165) is 11.3 Å². The molecule has 0 amide bonds. The molecule has 0 saturated carbocycles. The molecule has 0 spiro atoms. The van der Waals surface area contributed by atoms with Crippen LogP contribution in [0.5, 0.6) is 5.75 Å². The number of methoxy groups -OCH3 is 2. The maximum absolute atomic E-state index is 10.6. The largest absolute Gasteiger partial charge is 0.508 e. The maximum Gasteiger partial charge on any atom is 0.508 e. The molecule has 0 aromatic heterocycles. The summed E-state index contributed by atoms with van der Waals surface area (Å²) in [4.78, 5) is 10.6. The summed E-state index contributed by atoms with van der Waals surface area (Å²) >= 11 is 0. The zero-order valence-corrected chi connectivity index (χ0v) is 9.30. The standard InChI is InChI=1S/C12H14O4/c1-14-11-8-4-3-6-10(11)7-5-9-16-12(13)15-2/h3-8H,9H2,1-2H3/b7-5+. The van der Waals surface area contributed by atoms with E-state index in [1.807, 2.05) is 30.3 Å². The minimum absolute atomic E-state index is 0.171. The SMILES string of the molecule is COC(=O)OC/C=C/c1ccccc1OC. The molecule has 0 unspecified atom stereocenters. The third-order valence-corrected chi connectivity index (χ3v) is 1.90. The maximum atomic E-state index is 10.6. The van der Waals surface area contributed by atoms with E-state index in [1.54, 1.807) is 13.2 Å². The van der Waals surface area contributed by atoms with Crippen molar-refractivity contribution in [3.63, 3.8) is 0 Å². The van der Waals surface area contributed by atoms with Gasteiger partial charge in [0.25, 0.3) is 0 Å². The summed E-state index contributed by atoms with van der Waals surface area (Å²) in [5.41, 5.74) is 0.929. The number of hydrogen-bond acceptors (Lipinski definition) is 4. The molecule has 0 atom stereocenters. The van der Waals surface area contributed by atoms with Crippen molar-refractivity contribution >= 4 is 12.2 Å². The van der Waals surface area contributed by atoms with Crippen LogP contribution in [0, 0.1) is 0 Å². The first-order valence-electron chi connectivity index (χ1n) is 4.78. The predicted octanol–water partition coefficient (Wildman–Crippen LogP) is 2.49. The van der Waals surface area contributed by atoms with Gasteiger partial charge in [0.15, 0.2) is 0 Å². The van der Waals surface area contributed by atoms with Crippen LogP contribution >= 0.6 is 0 Å². The number of ether oxygens (including phenoxy) is 3. The van der Waals surface area contributed by atoms with Crippen LogP contribution in [-0.4, -0.2) is 27.0 Å². The highest BCUT2D eigenvalue weighted by atomic mass is 16.7. The van der Waals surface area contributed by atoms with Gasteiger partial charge in [-0.15, -0.1) is 0 Å². The third-order valence-electron chi connectivity index (χ3n) is 1.90. The van der Waals surface area contributed by atoms with E-state index < -0.39 is 6.16 Å². The molecule has 1 aromatic carbocycles. The van der Waals surface area contributed by atoms with E-state index in [9.17, 15) is 4.79 Å². The summed E-state index contributed by atoms with van der Waals surface area (Å²) in [6, 6.07) is 7.57. The third kappa shape index (κ3) is 3.65. The highest BCUT2D eigenvalue weighted by molar-refractivity contribution is 5.60. The highest BCUT2D eigenvalue weighted by Crippen LogP contribution is 2.18. The molecule has 0 aliphatic heterocycles. The van der Waals surface area contributed by atoms with E-state index in [1.165, 1.54) is 7.11 Å². The molecule has 16 heavy (non-hydrogen) atoms. The fourth-order valence-electron chi connectivity index (χ4n) is 1.15. The lowest BCUT2D eigenvalue weighted by Gasteiger charge is -2.03. The molecule has 0 fully saturated rings. The monoisotopic (exact) mass is 222 g/mol. The normalized spacial score (nSPS) is 10.1. The molecule has 0 aliphatic carbocycles. The summed E-state index contributed by atoms with van der Waals surface area (Å²) in [6.45, 7) is 0.171.